The number of nitrogens with one attached hydrogen (secondary N) is 2. The smallest absolute Gasteiger partial charge is 0.275 e. The zero-order valence-electron chi connectivity index (χ0n) is 13.0. The first-order valence-electron chi connectivity index (χ1n) is 7.67. The van der Waals surface area contributed by atoms with Gasteiger partial charge in [0.15, 0.2) is 0 Å². The quantitative estimate of drug-likeness (QED) is 0.912. The van der Waals surface area contributed by atoms with Crippen LogP contribution in [0.2, 0.25) is 0 Å². The number of amides is 1. The molecule has 0 atom stereocenters. The standard InChI is InChI=1S/C17H21N3OS/c1-11-7-12(2)9-14(8-11)19-16(21)15-10-22-17(20-15)13-3-5-18-6-4-13/h7-10,13,18H,3-6H2,1-2H3,(H,19,21). The van der Waals surface area contributed by atoms with Gasteiger partial charge in [-0.1, -0.05) is 6.07 Å². The van der Waals surface area contributed by atoms with Crippen LogP contribution >= 0.6 is 11.3 Å². The van der Waals surface area contributed by atoms with E-state index in [1.54, 1.807) is 11.3 Å². The van der Waals surface area contributed by atoms with Gasteiger partial charge in [0.1, 0.15) is 5.69 Å². The lowest BCUT2D eigenvalue weighted by Gasteiger charge is -2.20. The average molecular weight is 315 g/mol. The van der Waals surface area contributed by atoms with Gasteiger partial charge in [-0.2, -0.15) is 0 Å². The summed E-state index contributed by atoms with van der Waals surface area (Å²) in [5, 5.41) is 9.26. The monoisotopic (exact) mass is 315 g/mol. The lowest BCUT2D eigenvalue weighted by Crippen LogP contribution is -2.26. The van der Waals surface area contributed by atoms with Crippen LogP contribution in [0, 0.1) is 13.8 Å². The molecule has 0 unspecified atom stereocenters. The first kappa shape index (κ1) is 15.2. The van der Waals surface area contributed by atoms with E-state index in [0.717, 1.165) is 47.8 Å². The van der Waals surface area contributed by atoms with Gasteiger partial charge in [-0.15, -0.1) is 11.3 Å². The Hall–Kier alpha value is -1.72. The second kappa shape index (κ2) is 6.58. The molecule has 5 heteroatoms. The molecule has 1 aromatic carbocycles. The third kappa shape index (κ3) is 3.54. The van der Waals surface area contributed by atoms with Crippen molar-refractivity contribution in [3.8, 4) is 0 Å². The number of aryl methyl sites for hydroxylation is 2. The van der Waals surface area contributed by atoms with E-state index >= 15 is 0 Å². The number of thiazole rings is 1. The molecule has 1 saturated heterocycles. The highest BCUT2D eigenvalue weighted by atomic mass is 32.1. The molecule has 2 heterocycles. The molecule has 2 aromatic rings. The zero-order valence-corrected chi connectivity index (χ0v) is 13.8. The highest BCUT2D eigenvalue weighted by Gasteiger charge is 2.20. The highest BCUT2D eigenvalue weighted by molar-refractivity contribution is 7.09. The van der Waals surface area contributed by atoms with Gasteiger partial charge < -0.3 is 10.6 Å². The summed E-state index contributed by atoms with van der Waals surface area (Å²) in [6.07, 6.45) is 2.21. The second-order valence-corrected chi connectivity index (χ2v) is 6.82. The molecule has 1 aliphatic rings. The van der Waals surface area contributed by atoms with Crippen molar-refractivity contribution in [3.05, 3.63) is 45.4 Å². The summed E-state index contributed by atoms with van der Waals surface area (Å²) >= 11 is 1.60. The van der Waals surface area contributed by atoms with E-state index in [2.05, 4.69) is 21.7 Å². The molecule has 0 spiro atoms. The molecule has 1 amide bonds. The van der Waals surface area contributed by atoms with Gasteiger partial charge >= 0.3 is 0 Å². The van der Waals surface area contributed by atoms with Crippen LogP contribution in [-0.4, -0.2) is 24.0 Å². The minimum absolute atomic E-state index is 0.124. The fourth-order valence-electron chi connectivity index (χ4n) is 2.89. The number of piperidine rings is 1. The van der Waals surface area contributed by atoms with Gasteiger partial charge in [-0.25, -0.2) is 4.98 Å². The Balaban J connectivity index is 1.71. The predicted octanol–water partition coefficient (Wildman–Crippen LogP) is 3.48. The van der Waals surface area contributed by atoms with E-state index in [-0.39, 0.29) is 5.91 Å². The van der Waals surface area contributed by atoms with Crippen LogP contribution in [0.25, 0.3) is 0 Å². The van der Waals surface area contributed by atoms with Gasteiger partial charge in [-0.3, -0.25) is 4.79 Å². The Labute approximate surface area is 135 Å². The van der Waals surface area contributed by atoms with Crippen molar-refractivity contribution in [2.24, 2.45) is 0 Å². The van der Waals surface area contributed by atoms with Crippen molar-refractivity contribution in [1.82, 2.24) is 10.3 Å². The van der Waals surface area contributed by atoms with Crippen LogP contribution in [0.1, 0.15) is 45.4 Å². The Bertz CT molecular complexity index is 654. The lowest BCUT2D eigenvalue weighted by atomic mass is 9.99. The summed E-state index contributed by atoms with van der Waals surface area (Å²) in [4.78, 5) is 16.9. The normalized spacial score (nSPS) is 15.7. The predicted molar refractivity (Wildman–Crippen MR) is 90.8 cm³/mol. The molecular weight excluding hydrogens is 294 g/mol. The molecule has 0 bridgehead atoms. The van der Waals surface area contributed by atoms with Crippen molar-refractivity contribution >= 4 is 22.9 Å². The third-order valence-electron chi connectivity index (χ3n) is 3.92. The molecule has 4 nitrogen and oxygen atoms in total. The Kier molecular flexibility index (Phi) is 4.55. The summed E-state index contributed by atoms with van der Waals surface area (Å²) in [5.41, 5.74) is 3.64. The highest BCUT2D eigenvalue weighted by Crippen LogP contribution is 2.28. The largest absolute Gasteiger partial charge is 0.321 e. The van der Waals surface area contributed by atoms with Crippen LogP contribution in [0.15, 0.2) is 23.6 Å². The summed E-state index contributed by atoms with van der Waals surface area (Å²) in [7, 11) is 0. The topological polar surface area (TPSA) is 54.0 Å². The average Bonchev–Trinajstić information content (AvgIpc) is 2.97. The number of carbonyl (C=O) groups excluding carboxylic acids is 1. The third-order valence-corrected chi connectivity index (χ3v) is 4.93. The Morgan fingerprint density at radius 3 is 2.59 bits per heavy atom. The Morgan fingerprint density at radius 2 is 1.91 bits per heavy atom. The van der Waals surface area contributed by atoms with Gasteiger partial charge in [0, 0.05) is 17.0 Å². The molecule has 3 rings (SSSR count). The fraction of sp³-hybridized carbons (Fsp3) is 0.412. The molecule has 2 N–H and O–H groups in total. The van der Waals surface area contributed by atoms with Crippen LogP contribution in [0.5, 0.6) is 0 Å². The second-order valence-electron chi connectivity index (χ2n) is 5.93. The first-order valence-corrected chi connectivity index (χ1v) is 8.55. The number of benzene rings is 1. The molecule has 0 radical (unpaired) electrons. The maximum absolute atomic E-state index is 12.4. The van der Waals surface area contributed by atoms with E-state index in [1.165, 1.54) is 0 Å². The SMILES string of the molecule is Cc1cc(C)cc(NC(=O)c2csc(C3CCNCC3)n2)c1. The number of hydrogen-bond donors (Lipinski definition) is 2. The number of carbonyl (C=O) groups is 1. The molecule has 1 fully saturated rings. The summed E-state index contributed by atoms with van der Waals surface area (Å²) in [5.74, 6) is 0.371. The van der Waals surface area contributed by atoms with Crippen LogP contribution < -0.4 is 10.6 Å². The van der Waals surface area contributed by atoms with Crippen LogP contribution in [0.4, 0.5) is 5.69 Å². The number of rotatable bonds is 3. The maximum Gasteiger partial charge on any atom is 0.275 e. The number of anilines is 1. The fourth-order valence-corrected chi connectivity index (χ4v) is 3.86. The summed E-state index contributed by atoms with van der Waals surface area (Å²) in [6, 6.07) is 6.05. The van der Waals surface area contributed by atoms with Crippen molar-refractivity contribution in [3.63, 3.8) is 0 Å². The molecule has 0 saturated carbocycles. The number of aromatic nitrogens is 1. The molecule has 1 aromatic heterocycles. The lowest BCUT2D eigenvalue weighted by molar-refractivity contribution is 0.102. The summed E-state index contributed by atoms with van der Waals surface area (Å²) in [6.45, 7) is 6.13. The Morgan fingerprint density at radius 1 is 1.23 bits per heavy atom. The van der Waals surface area contributed by atoms with E-state index in [9.17, 15) is 4.79 Å². The van der Waals surface area contributed by atoms with Gasteiger partial charge in [-0.05, 0) is 63.0 Å². The van der Waals surface area contributed by atoms with Crippen LogP contribution in [-0.2, 0) is 0 Å². The van der Waals surface area contributed by atoms with E-state index < -0.39 is 0 Å². The maximum atomic E-state index is 12.4. The van der Waals surface area contributed by atoms with Gasteiger partial charge in [0.2, 0.25) is 0 Å². The van der Waals surface area contributed by atoms with Crippen molar-refractivity contribution in [2.45, 2.75) is 32.6 Å². The molecule has 0 aliphatic carbocycles. The molecule has 22 heavy (non-hydrogen) atoms. The summed E-state index contributed by atoms with van der Waals surface area (Å²) < 4.78 is 0. The minimum atomic E-state index is -0.124. The first-order chi connectivity index (χ1) is 10.6. The number of nitrogens with zero attached hydrogens (tertiary/aromatic N) is 1. The van der Waals surface area contributed by atoms with Crippen molar-refractivity contribution in [1.29, 1.82) is 0 Å². The van der Waals surface area contributed by atoms with E-state index in [4.69, 9.17) is 0 Å². The van der Waals surface area contributed by atoms with Gasteiger partial charge in [0.25, 0.3) is 5.91 Å². The minimum Gasteiger partial charge on any atom is -0.321 e. The van der Waals surface area contributed by atoms with Gasteiger partial charge in [0.05, 0.1) is 5.01 Å². The van der Waals surface area contributed by atoms with Crippen LogP contribution in [0.3, 0.4) is 0 Å². The van der Waals surface area contributed by atoms with Crippen molar-refractivity contribution < 1.29 is 4.79 Å². The van der Waals surface area contributed by atoms with Crippen molar-refractivity contribution in [2.75, 3.05) is 18.4 Å². The van der Waals surface area contributed by atoms with E-state index in [1.807, 2.05) is 31.4 Å². The molecule has 116 valence electrons. The van der Waals surface area contributed by atoms with E-state index in [0.29, 0.717) is 11.6 Å². The molecular formula is C17H21N3OS. The number of hydrogen-bond acceptors (Lipinski definition) is 4. The molecule has 1 aliphatic heterocycles. The zero-order chi connectivity index (χ0) is 15.5.